The van der Waals surface area contributed by atoms with Gasteiger partial charge in [-0.2, -0.15) is 0 Å². The maximum absolute atomic E-state index is 13.0. The molecule has 0 unspecified atom stereocenters. The van der Waals surface area contributed by atoms with Crippen molar-refractivity contribution in [2.45, 2.75) is 26.8 Å². The molecule has 20 heavy (non-hydrogen) atoms. The lowest BCUT2D eigenvalue weighted by molar-refractivity contribution is 0.627. The van der Waals surface area contributed by atoms with Crippen LogP contribution in [0.25, 0.3) is 0 Å². The van der Waals surface area contributed by atoms with Crippen LogP contribution in [0.1, 0.15) is 25.3 Å². The van der Waals surface area contributed by atoms with Gasteiger partial charge in [0.15, 0.2) is 0 Å². The number of hydrogen-bond acceptors (Lipinski definition) is 5. The number of hydrogen-bond donors (Lipinski definition) is 1. The third-order valence-corrected chi connectivity index (χ3v) is 3.76. The summed E-state index contributed by atoms with van der Waals surface area (Å²) >= 11 is 1.57. The van der Waals surface area contributed by atoms with Gasteiger partial charge in [0.2, 0.25) is 5.13 Å². The molecule has 0 amide bonds. The zero-order chi connectivity index (χ0) is 14.4. The number of anilines is 2. The smallest absolute Gasteiger partial charge is 0.205 e. The van der Waals surface area contributed by atoms with Gasteiger partial charge in [0.1, 0.15) is 10.8 Å². The van der Waals surface area contributed by atoms with Crippen LogP contribution in [0.3, 0.4) is 0 Å². The van der Waals surface area contributed by atoms with Crippen LogP contribution >= 0.6 is 11.3 Å². The van der Waals surface area contributed by atoms with Crippen LogP contribution in [0.15, 0.2) is 24.3 Å². The summed E-state index contributed by atoms with van der Waals surface area (Å²) in [5, 5.41) is 13.4. The van der Waals surface area contributed by atoms with Gasteiger partial charge >= 0.3 is 0 Å². The molecule has 2 aromatic rings. The molecule has 0 saturated carbocycles. The summed E-state index contributed by atoms with van der Waals surface area (Å²) in [6.45, 7) is 6.61. The summed E-state index contributed by atoms with van der Waals surface area (Å²) in [4.78, 5) is 2.14. The third kappa shape index (κ3) is 3.90. The molecule has 2 rings (SSSR count). The topological polar surface area (TPSA) is 41.1 Å². The van der Waals surface area contributed by atoms with Gasteiger partial charge < -0.3 is 10.2 Å². The lowest BCUT2D eigenvalue weighted by Gasteiger charge is -2.21. The Bertz CT molecular complexity index is 526. The molecule has 1 N–H and O–H groups in total. The average molecular weight is 294 g/mol. The summed E-state index contributed by atoms with van der Waals surface area (Å²) in [6, 6.07) is 6.53. The molecule has 4 nitrogen and oxygen atoms in total. The molecule has 0 bridgehead atoms. The Hall–Kier alpha value is -1.69. The summed E-state index contributed by atoms with van der Waals surface area (Å²) in [5.41, 5.74) is 0.993. The minimum Gasteiger partial charge on any atom is -0.365 e. The molecule has 0 aliphatic carbocycles. The molecular weight excluding hydrogens is 275 g/mol. The predicted octanol–water partition coefficient (Wildman–Crippen LogP) is 3.53. The molecule has 1 aromatic carbocycles. The van der Waals surface area contributed by atoms with Crippen molar-refractivity contribution >= 4 is 22.2 Å². The zero-order valence-corrected chi connectivity index (χ0v) is 12.6. The second-order valence-corrected chi connectivity index (χ2v) is 5.48. The van der Waals surface area contributed by atoms with Crippen molar-refractivity contribution in [2.24, 2.45) is 0 Å². The van der Waals surface area contributed by atoms with Crippen LogP contribution in [0.4, 0.5) is 15.2 Å². The number of nitrogens with one attached hydrogen (secondary N) is 1. The molecule has 0 spiro atoms. The standard InChI is InChI=1S/C14H19FN4S/c1-3-9-16-14-18-17-13(20-14)10-19(4-2)12-7-5-11(15)6-8-12/h5-8H,3-4,9-10H2,1-2H3,(H,16,18). The van der Waals surface area contributed by atoms with E-state index >= 15 is 0 Å². The van der Waals surface area contributed by atoms with Crippen LogP contribution in [0.5, 0.6) is 0 Å². The van der Waals surface area contributed by atoms with Crippen molar-refractivity contribution in [1.29, 1.82) is 0 Å². The zero-order valence-electron chi connectivity index (χ0n) is 11.8. The van der Waals surface area contributed by atoms with Gasteiger partial charge in [0.05, 0.1) is 6.54 Å². The molecule has 108 valence electrons. The molecule has 0 fully saturated rings. The molecule has 0 aliphatic heterocycles. The number of nitrogens with zero attached hydrogens (tertiary/aromatic N) is 3. The quantitative estimate of drug-likeness (QED) is 0.848. The maximum atomic E-state index is 13.0. The van der Waals surface area contributed by atoms with Crippen molar-refractivity contribution < 1.29 is 4.39 Å². The maximum Gasteiger partial charge on any atom is 0.205 e. The fraction of sp³-hybridized carbons (Fsp3) is 0.429. The molecule has 0 aliphatic rings. The number of halogens is 1. The summed E-state index contributed by atoms with van der Waals surface area (Å²) < 4.78 is 13.0. The van der Waals surface area contributed by atoms with Gasteiger partial charge in [-0.3, -0.25) is 0 Å². The van der Waals surface area contributed by atoms with E-state index < -0.39 is 0 Å². The van der Waals surface area contributed by atoms with Crippen LogP contribution in [0, 0.1) is 5.82 Å². The Kier molecular flexibility index (Phi) is 5.29. The minimum atomic E-state index is -0.216. The second-order valence-electron chi connectivity index (χ2n) is 4.42. The van der Waals surface area contributed by atoms with E-state index in [-0.39, 0.29) is 5.82 Å². The highest BCUT2D eigenvalue weighted by Crippen LogP contribution is 2.21. The predicted molar refractivity (Wildman–Crippen MR) is 81.8 cm³/mol. The molecule has 0 radical (unpaired) electrons. The molecule has 0 saturated heterocycles. The fourth-order valence-corrected chi connectivity index (χ4v) is 2.60. The monoisotopic (exact) mass is 294 g/mol. The Balaban J connectivity index is 2.02. The average Bonchev–Trinajstić information content (AvgIpc) is 2.91. The van der Waals surface area contributed by atoms with Crippen LogP contribution < -0.4 is 10.2 Å². The Morgan fingerprint density at radius 3 is 2.60 bits per heavy atom. The fourth-order valence-electron chi connectivity index (χ4n) is 1.82. The first-order valence-electron chi connectivity index (χ1n) is 6.79. The van der Waals surface area contributed by atoms with E-state index in [1.165, 1.54) is 12.1 Å². The lowest BCUT2D eigenvalue weighted by atomic mass is 10.3. The van der Waals surface area contributed by atoms with Crippen molar-refractivity contribution in [3.05, 3.63) is 35.1 Å². The van der Waals surface area contributed by atoms with Gasteiger partial charge in [-0.1, -0.05) is 18.3 Å². The molecule has 6 heteroatoms. The Morgan fingerprint density at radius 1 is 1.20 bits per heavy atom. The minimum absolute atomic E-state index is 0.216. The van der Waals surface area contributed by atoms with Crippen molar-refractivity contribution in [2.75, 3.05) is 23.3 Å². The van der Waals surface area contributed by atoms with Gasteiger partial charge in [0, 0.05) is 18.8 Å². The number of benzene rings is 1. The van der Waals surface area contributed by atoms with Crippen molar-refractivity contribution in [3.8, 4) is 0 Å². The van der Waals surface area contributed by atoms with Gasteiger partial charge in [-0.15, -0.1) is 10.2 Å². The van der Waals surface area contributed by atoms with E-state index in [0.717, 1.165) is 35.3 Å². The normalized spacial score (nSPS) is 10.6. The highest BCUT2D eigenvalue weighted by molar-refractivity contribution is 7.15. The Labute approximate surface area is 122 Å². The summed E-state index contributed by atoms with van der Waals surface area (Å²) in [5.74, 6) is -0.216. The van der Waals surface area contributed by atoms with Crippen molar-refractivity contribution in [1.82, 2.24) is 10.2 Å². The lowest BCUT2D eigenvalue weighted by Crippen LogP contribution is -2.21. The van der Waals surface area contributed by atoms with Crippen molar-refractivity contribution in [3.63, 3.8) is 0 Å². The van der Waals surface area contributed by atoms with E-state index in [1.54, 1.807) is 23.5 Å². The van der Waals surface area contributed by atoms with E-state index in [9.17, 15) is 4.39 Å². The van der Waals surface area contributed by atoms with E-state index in [2.05, 4.69) is 34.3 Å². The van der Waals surface area contributed by atoms with Crippen LogP contribution in [0.2, 0.25) is 0 Å². The first kappa shape index (κ1) is 14.7. The highest BCUT2D eigenvalue weighted by Gasteiger charge is 2.10. The summed E-state index contributed by atoms with van der Waals surface area (Å²) in [7, 11) is 0. The van der Waals surface area contributed by atoms with E-state index in [4.69, 9.17) is 0 Å². The highest BCUT2D eigenvalue weighted by atomic mass is 32.1. The van der Waals surface area contributed by atoms with Gasteiger partial charge in [-0.05, 0) is 37.6 Å². The van der Waals surface area contributed by atoms with Crippen LogP contribution in [-0.2, 0) is 6.54 Å². The van der Waals surface area contributed by atoms with E-state index in [1.807, 2.05) is 0 Å². The molecule has 0 atom stereocenters. The molecule has 1 heterocycles. The molecule has 1 aromatic heterocycles. The third-order valence-electron chi connectivity index (χ3n) is 2.89. The van der Waals surface area contributed by atoms with Crippen LogP contribution in [-0.4, -0.2) is 23.3 Å². The number of rotatable bonds is 7. The van der Waals surface area contributed by atoms with Gasteiger partial charge in [-0.25, -0.2) is 4.39 Å². The SMILES string of the molecule is CCCNc1nnc(CN(CC)c2ccc(F)cc2)s1. The molecular formula is C14H19FN4S. The first-order valence-corrected chi connectivity index (χ1v) is 7.61. The second kappa shape index (κ2) is 7.19. The van der Waals surface area contributed by atoms with E-state index in [0.29, 0.717) is 6.54 Å². The largest absolute Gasteiger partial charge is 0.365 e. The first-order chi connectivity index (χ1) is 9.72. The summed E-state index contributed by atoms with van der Waals surface area (Å²) in [6.07, 6.45) is 1.06. The van der Waals surface area contributed by atoms with Gasteiger partial charge in [0.25, 0.3) is 0 Å². The number of aromatic nitrogens is 2. The Morgan fingerprint density at radius 2 is 1.95 bits per heavy atom.